The molecule has 0 aromatic rings. The lowest BCUT2D eigenvalue weighted by Crippen LogP contribution is -2.59. The molecule has 1 N–H and O–H groups in total. The van der Waals surface area contributed by atoms with Crippen LogP contribution in [0.15, 0.2) is 0 Å². The SMILES string of the molecule is CC[C@H]1OC(=O)[C@H](C)[C@@H](O)[C@H](C)[C@@H](O[C@@H]2O[C@H](C)C[C@H]3[C@H]2OC(=O)N3C)[C@](C)(OC)C[C@@H](C)C(=O)[C@H](C)[C@@H]2OC(=O)O[C@]12C. The van der Waals surface area contributed by atoms with Gasteiger partial charge in [-0.25, -0.2) is 9.59 Å². The average molecular weight is 628 g/mol. The summed E-state index contributed by atoms with van der Waals surface area (Å²) in [6, 6.07) is -0.282. The minimum atomic E-state index is -1.43. The molecule has 0 aromatic carbocycles. The average Bonchev–Trinajstić information content (AvgIpc) is 3.45. The molecule has 4 heterocycles. The first-order valence-electron chi connectivity index (χ1n) is 15.6. The first-order valence-corrected chi connectivity index (χ1v) is 15.6. The maximum absolute atomic E-state index is 13.9. The zero-order valence-corrected chi connectivity index (χ0v) is 27.4. The van der Waals surface area contributed by atoms with Gasteiger partial charge >= 0.3 is 18.2 Å². The molecule has 0 aromatic heterocycles. The van der Waals surface area contributed by atoms with E-state index in [0.29, 0.717) is 6.42 Å². The summed E-state index contributed by atoms with van der Waals surface area (Å²) in [6.07, 6.45) is -6.65. The zero-order chi connectivity index (χ0) is 32.9. The molecular formula is C31H49NO12. The van der Waals surface area contributed by atoms with E-state index in [1.165, 1.54) is 12.0 Å². The summed E-state index contributed by atoms with van der Waals surface area (Å²) >= 11 is 0. The van der Waals surface area contributed by atoms with Crippen LogP contribution in [0.3, 0.4) is 0 Å². The van der Waals surface area contributed by atoms with Gasteiger partial charge in [-0.2, -0.15) is 0 Å². The molecule has 0 spiro atoms. The van der Waals surface area contributed by atoms with Crippen LogP contribution in [0.4, 0.5) is 9.59 Å². The molecule has 1 amide bonds. The number of aliphatic hydroxyl groups is 1. The van der Waals surface area contributed by atoms with E-state index >= 15 is 0 Å². The van der Waals surface area contributed by atoms with Gasteiger partial charge in [0.15, 0.2) is 24.1 Å². The highest BCUT2D eigenvalue weighted by Gasteiger charge is 2.59. The molecule has 4 saturated heterocycles. The summed E-state index contributed by atoms with van der Waals surface area (Å²) in [5, 5.41) is 11.6. The predicted octanol–water partition coefficient (Wildman–Crippen LogP) is 3.22. The van der Waals surface area contributed by atoms with Crippen LogP contribution in [0.5, 0.6) is 0 Å². The molecule has 4 rings (SSSR count). The molecule has 13 nitrogen and oxygen atoms in total. The summed E-state index contributed by atoms with van der Waals surface area (Å²) in [7, 11) is 3.15. The molecular weight excluding hydrogens is 578 g/mol. The third-order valence-electron chi connectivity index (χ3n) is 10.3. The number of cyclic esters (lactones) is 1. The fourth-order valence-electron chi connectivity index (χ4n) is 7.52. The second-order valence-corrected chi connectivity index (χ2v) is 13.5. The lowest BCUT2D eigenvalue weighted by Gasteiger charge is -2.47. The number of fused-ring (bicyclic) bond motifs is 2. The van der Waals surface area contributed by atoms with Crippen LogP contribution in [0, 0.1) is 23.7 Å². The van der Waals surface area contributed by atoms with Gasteiger partial charge in [0, 0.05) is 26.0 Å². The van der Waals surface area contributed by atoms with Crippen molar-refractivity contribution in [3.05, 3.63) is 0 Å². The largest absolute Gasteiger partial charge is 0.509 e. The van der Waals surface area contributed by atoms with Crippen molar-refractivity contribution in [1.82, 2.24) is 4.90 Å². The van der Waals surface area contributed by atoms with Crippen molar-refractivity contribution < 1.29 is 57.4 Å². The standard InChI is InChI=1S/C31H49NO12/c1-11-20-31(8)25(43-29(37)44-31)16(4)21(33)14(2)13-30(7,38-10)24(17(5)22(34)18(6)26(35)40-20)42-27-23-19(12-15(3)39-27)32(9)28(36)41-23/h14-20,22-25,27,34H,11-13H2,1-10H3/t14-,15-,16+,17+,18-,19+,20-,22+,23-,24-,25+,27+,30-,31-/m1/s1. The Labute approximate surface area is 259 Å². The number of hydrogen-bond acceptors (Lipinski definition) is 12. The Morgan fingerprint density at radius 3 is 2.27 bits per heavy atom. The Bertz CT molecular complexity index is 1120. The third-order valence-corrected chi connectivity index (χ3v) is 10.3. The van der Waals surface area contributed by atoms with E-state index in [9.17, 15) is 24.3 Å². The van der Waals surface area contributed by atoms with E-state index in [1.54, 1.807) is 55.5 Å². The number of carbonyl (C=O) groups excluding carboxylic acids is 4. The van der Waals surface area contributed by atoms with Gasteiger partial charge in [0.05, 0.1) is 41.8 Å². The predicted molar refractivity (Wildman–Crippen MR) is 153 cm³/mol. The van der Waals surface area contributed by atoms with Crippen LogP contribution in [-0.4, -0.2) is 108 Å². The molecule has 0 unspecified atom stereocenters. The highest BCUT2D eigenvalue weighted by atomic mass is 16.8. The molecule has 4 aliphatic rings. The number of ether oxygens (including phenoxy) is 7. The number of likely N-dealkylation sites (N-methyl/N-ethyl adjacent to an activating group) is 1. The number of methoxy groups -OCH3 is 1. The van der Waals surface area contributed by atoms with Crippen LogP contribution in [0.1, 0.15) is 74.7 Å². The van der Waals surface area contributed by atoms with Gasteiger partial charge in [0.25, 0.3) is 0 Å². The number of amides is 1. The van der Waals surface area contributed by atoms with Crippen LogP contribution in [-0.2, 0) is 42.7 Å². The van der Waals surface area contributed by atoms with Crippen molar-refractivity contribution in [3.63, 3.8) is 0 Å². The van der Waals surface area contributed by atoms with Gasteiger partial charge in [-0.3, -0.25) is 9.59 Å². The van der Waals surface area contributed by atoms with Gasteiger partial charge in [0.1, 0.15) is 11.9 Å². The number of ketones is 1. The van der Waals surface area contributed by atoms with E-state index in [2.05, 4.69) is 0 Å². The lowest BCUT2D eigenvalue weighted by atomic mass is 9.74. The van der Waals surface area contributed by atoms with Crippen molar-refractivity contribution in [2.24, 2.45) is 23.7 Å². The maximum Gasteiger partial charge on any atom is 0.509 e. The van der Waals surface area contributed by atoms with Crippen molar-refractivity contribution in [3.8, 4) is 0 Å². The summed E-state index contributed by atoms with van der Waals surface area (Å²) < 4.78 is 41.5. The second kappa shape index (κ2) is 12.7. The van der Waals surface area contributed by atoms with E-state index in [1.807, 2.05) is 6.92 Å². The molecule has 4 fully saturated rings. The monoisotopic (exact) mass is 627 g/mol. The Morgan fingerprint density at radius 2 is 1.66 bits per heavy atom. The maximum atomic E-state index is 13.9. The summed E-state index contributed by atoms with van der Waals surface area (Å²) in [5.74, 6) is -4.14. The van der Waals surface area contributed by atoms with Crippen LogP contribution in [0.2, 0.25) is 0 Å². The topological polar surface area (TPSA) is 156 Å². The molecule has 14 atom stereocenters. The highest BCUT2D eigenvalue weighted by molar-refractivity contribution is 5.84. The van der Waals surface area contributed by atoms with Gasteiger partial charge in [0.2, 0.25) is 0 Å². The molecule has 0 bridgehead atoms. The Balaban J connectivity index is 1.75. The van der Waals surface area contributed by atoms with E-state index in [0.717, 1.165) is 0 Å². The molecule has 13 heteroatoms. The van der Waals surface area contributed by atoms with Gasteiger partial charge in [-0.05, 0) is 47.0 Å². The highest BCUT2D eigenvalue weighted by Crippen LogP contribution is 2.43. The number of hydrogen-bond donors (Lipinski definition) is 1. The van der Waals surface area contributed by atoms with Crippen molar-refractivity contribution in [1.29, 1.82) is 0 Å². The number of nitrogens with zero attached hydrogens (tertiary/aromatic N) is 1. The second-order valence-electron chi connectivity index (χ2n) is 13.5. The minimum Gasteiger partial charge on any atom is -0.458 e. The summed E-state index contributed by atoms with van der Waals surface area (Å²) in [5.41, 5.74) is -2.63. The quantitative estimate of drug-likeness (QED) is 0.359. The Kier molecular flexibility index (Phi) is 9.95. The van der Waals surface area contributed by atoms with E-state index in [-0.39, 0.29) is 30.8 Å². The number of Topliss-reactive ketones (excluding diaryl/α,β-unsaturated/α-hetero) is 1. The first-order chi connectivity index (χ1) is 20.5. The molecule has 0 radical (unpaired) electrons. The van der Waals surface area contributed by atoms with Gasteiger partial charge < -0.3 is 43.2 Å². The number of esters is 1. The Morgan fingerprint density at radius 1 is 1.00 bits per heavy atom. The molecule has 0 aliphatic carbocycles. The molecule has 250 valence electrons. The van der Waals surface area contributed by atoms with Crippen LogP contribution < -0.4 is 0 Å². The zero-order valence-electron chi connectivity index (χ0n) is 27.4. The fraction of sp³-hybridized carbons (Fsp3) is 0.871. The van der Waals surface area contributed by atoms with E-state index in [4.69, 9.17) is 33.2 Å². The Hall–Kier alpha value is -2.48. The number of carbonyl (C=O) groups is 4. The smallest absolute Gasteiger partial charge is 0.458 e. The fourth-order valence-corrected chi connectivity index (χ4v) is 7.52. The van der Waals surface area contributed by atoms with Crippen LogP contribution >= 0.6 is 0 Å². The van der Waals surface area contributed by atoms with Crippen LogP contribution in [0.25, 0.3) is 0 Å². The number of rotatable bonds is 4. The summed E-state index contributed by atoms with van der Waals surface area (Å²) in [6.45, 7) is 13.7. The van der Waals surface area contributed by atoms with Crippen molar-refractivity contribution in [2.75, 3.05) is 14.2 Å². The lowest BCUT2D eigenvalue weighted by molar-refractivity contribution is -0.291. The first kappa shape index (κ1) is 34.4. The van der Waals surface area contributed by atoms with Crippen molar-refractivity contribution >= 4 is 24.0 Å². The summed E-state index contributed by atoms with van der Waals surface area (Å²) in [4.78, 5) is 53.8. The molecule has 4 aliphatic heterocycles. The van der Waals surface area contributed by atoms with E-state index < -0.39 is 89.9 Å². The van der Waals surface area contributed by atoms with Crippen molar-refractivity contribution in [2.45, 2.75) is 135 Å². The third kappa shape index (κ3) is 6.04. The number of aliphatic hydroxyl groups excluding tert-OH is 1. The molecule has 44 heavy (non-hydrogen) atoms. The molecule has 0 saturated carbocycles. The minimum absolute atomic E-state index is 0.152. The normalized spacial score (nSPS) is 47.1. The van der Waals surface area contributed by atoms with Gasteiger partial charge in [-0.1, -0.05) is 27.7 Å². The van der Waals surface area contributed by atoms with Gasteiger partial charge in [-0.15, -0.1) is 0 Å².